The Kier molecular flexibility index (Phi) is 4.35. The van der Waals surface area contributed by atoms with E-state index in [1.54, 1.807) is 0 Å². The van der Waals surface area contributed by atoms with E-state index in [9.17, 15) is 0 Å². The van der Waals surface area contributed by atoms with Crippen molar-refractivity contribution in [2.24, 2.45) is 11.3 Å². The van der Waals surface area contributed by atoms with E-state index in [0.717, 1.165) is 11.8 Å². The third-order valence-electron chi connectivity index (χ3n) is 1.76. The highest BCUT2D eigenvalue weighted by molar-refractivity contribution is 6.18. The predicted octanol–water partition coefficient (Wildman–Crippen LogP) is 3.69. The fourth-order valence-electron chi connectivity index (χ4n) is 0.746. The van der Waals surface area contributed by atoms with E-state index >= 15 is 0 Å². The minimum Gasteiger partial charge on any atom is -0.126 e. The molecule has 0 saturated heterocycles. The molecule has 0 aliphatic carbocycles. The fraction of sp³-hybridized carbons (Fsp3) is 1.00. The summed E-state index contributed by atoms with van der Waals surface area (Å²) in [5.41, 5.74) is 0.339. The van der Waals surface area contributed by atoms with Crippen molar-refractivity contribution in [3.05, 3.63) is 0 Å². The van der Waals surface area contributed by atoms with Crippen molar-refractivity contribution >= 4 is 11.6 Å². The standard InChI is InChI=1S/C9H19Cl/c1-8(2)5-6-9(3,4)7-10/h8H,5-7H2,1-4H3. The Morgan fingerprint density at radius 3 is 2.10 bits per heavy atom. The van der Waals surface area contributed by atoms with Gasteiger partial charge in [-0.05, 0) is 17.8 Å². The molecule has 10 heavy (non-hydrogen) atoms. The molecule has 0 bridgehead atoms. The van der Waals surface area contributed by atoms with Crippen molar-refractivity contribution in [1.29, 1.82) is 0 Å². The Hall–Kier alpha value is 0.290. The SMILES string of the molecule is CC(C)CCC(C)(C)CCl. The first kappa shape index (κ1) is 10.3. The second-order valence-corrected chi connectivity index (χ2v) is 4.50. The number of halogens is 1. The van der Waals surface area contributed by atoms with Crippen LogP contribution in [0, 0.1) is 11.3 Å². The van der Waals surface area contributed by atoms with Crippen molar-refractivity contribution in [1.82, 2.24) is 0 Å². The first-order valence-electron chi connectivity index (χ1n) is 4.04. The van der Waals surface area contributed by atoms with Crippen LogP contribution in [0.15, 0.2) is 0 Å². The molecule has 0 aromatic heterocycles. The maximum Gasteiger partial charge on any atom is 0.0274 e. The van der Waals surface area contributed by atoms with Crippen LogP contribution in [0.2, 0.25) is 0 Å². The van der Waals surface area contributed by atoms with E-state index in [1.165, 1.54) is 12.8 Å². The third kappa shape index (κ3) is 5.10. The summed E-state index contributed by atoms with van der Waals surface area (Å²) in [5.74, 6) is 1.59. The summed E-state index contributed by atoms with van der Waals surface area (Å²) in [7, 11) is 0. The summed E-state index contributed by atoms with van der Waals surface area (Å²) in [5, 5.41) is 0. The van der Waals surface area contributed by atoms with E-state index in [4.69, 9.17) is 11.6 Å². The molecule has 0 N–H and O–H groups in total. The molecule has 0 unspecified atom stereocenters. The van der Waals surface area contributed by atoms with Crippen LogP contribution in [0.25, 0.3) is 0 Å². The van der Waals surface area contributed by atoms with E-state index in [0.29, 0.717) is 5.41 Å². The van der Waals surface area contributed by atoms with Gasteiger partial charge in [-0.3, -0.25) is 0 Å². The maximum atomic E-state index is 5.78. The Bertz CT molecular complexity index is 84.7. The molecule has 0 aromatic rings. The highest BCUT2D eigenvalue weighted by Crippen LogP contribution is 2.25. The molecule has 0 fully saturated rings. The molecule has 0 nitrogen and oxygen atoms in total. The molecule has 0 heterocycles. The highest BCUT2D eigenvalue weighted by Gasteiger charge is 2.15. The molecule has 0 aliphatic heterocycles. The Morgan fingerprint density at radius 1 is 1.30 bits per heavy atom. The first-order valence-corrected chi connectivity index (χ1v) is 4.57. The molecule has 0 aliphatic rings. The average Bonchev–Trinajstić information content (AvgIpc) is 1.85. The van der Waals surface area contributed by atoms with Crippen molar-refractivity contribution in [2.75, 3.05) is 5.88 Å². The van der Waals surface area contributed by atoms with E-state index in [1.807, 2.05) is 0 Å². The Labute approximate surface area is 70.0 Å². The van der Waals surface area contributed by atoms with E-state index in [2.05, 4.69) is 27.7 Å². The van der Waals surface area contributed by atoms with Crippen molar-refractivity contribution in [3.8, 4) is 0 Å². The summed E-state index contributed by atoms with van der Waals surface area (Å²) in [6.07, 6.45) is 2.54. The van der Waals surface area contributed by atoms with Gasteiger partial charge in [0.25, 0.3) is 0 Å². The summed E-state index contributed by atoms with van der Waals surface area (Å²) in [6.45, 7) is 8.96. The lowest BCUT2D eigenvalue weighted by molar-refractivity contribution is 0.343. The van der Waals surface area contributed by atoms with Gasteiger partial charge in [-0.25, -0.2) is 0 Å². The molecule has 0 spiro atoms. The van der Waals surface area contributed by atoms with E-state index in [-0.39, 0.29) is 0 Å². The van der Waals surface area contributed by atoms with Gasteiger partial charge in [-0.2, -0.15) is 0 Å². The van der Waals surface area contributed by atoms with Crippen molar-refractivity contribution in [3.63, 3.8) is 0 Å². The summed E-state index contributed by atoms with van der Waals surface area (Å²) in [6, 6.07) is 0. The summed E-state index contributed by atoms with van der Waals surface area (Å²) >= 11 is 5.78. The second kappa shape index (κ2) is 4.23. The fourth-order valence-corrected chi connectivity index (χ4v) is 0.880. The van der Waals surface area contributed by atoms with Crippen LogP contribution in [0.5, 0.6) is 0 Å². The van der Waals surface area contributed by atoms with Gasteiger partial charge < -0.3 is 0 Å². The monoisotopic (exact) mass is 162 g/mol. The van der Waals surface area contributed by atoms with Crippen molar-refractivity contribution < 1.29 is 0 Å². The van der Waals surface area contributed by atoms with Crippen LogP contribution in [-0.2, 0) is 0 Å². The second-order valence-electron chi connectivity index (χ2n) is 4.23. The van der Waals surface area contributed by atoms with Gasteiger partial charge in [0.15, 0.2) is 0 Å². The zero-order chi connectivity index (χ0) is 8.20. The number of rotatable bonds is 4. The van der Waals surface area contributed by atoms with Gasteiger partial charge in [-0.1, -0.05) is 34.1 Å². The Balaban J connectivity index is 3.46. The van der Waals surface area contributed by atoms with Gasteiger partial charge in [0.1, 0.15) is 0 Å². The zero-order valence-corrected chi connectivity index (χ0v) is 8.33. The van der Waals surface area contributed by atoms with Crippen LogP contribution in [-0.4, -0.2) is 5.88 Å². The minimum atomic E-state index is 0.339. The van der Waals surface area contributed by atoms with Gasteiger partial charge >= 0.3 is 0 Å². The van der Waals surface area contributed by atoms with Gasteiger partial charge in [0.2, 0.25) is 0 Å². The zero-order valence-electron chi connectivity index (χ0n) is 7.58. The quantitative estimate of drug-likeness (QED) is 0.554. The lowest BCUT2D eigenvalue weighted by atomic mass is 9.87. The molecule has 0 saturated carbocycles. The Morgan fingerprint density at radius 2 is 1.80 bits per heavy atom. The predicted molar refractivity (Wildman–Crippen MR) is 48.6 cm³/mol. The van der Waals surface area contributed by atoms with Crippen LogP contribution >= 0.6 is 11.6 Å². The van der Waals surface area contributed by atoms with Gasteiger partial charge in [0.05, 0.1) is 0 Å². The molecule has 0 aromatic carbocycles. The molecule has 0 radical (unpaired) electrons. The molecule has 0 rings (SSSR count). The summed E-state index contributed by atoms with van der Waals surface area (Å²) < 4.78 is 0. The largest absolute Gasteiger partial charge is 0.126 e. The number of hydrogen-bond acceptors (Lipinski definition) is 0. The molecule has 0 amide bonds. The lowest BCUT2D eigenvalue weighted by Gasteiger charge is -2.21. The van der Waals surface area contributed by atoms with E-state index < -0.39 is 0 Å². The van der Waals surface area contributed by atoms with Crippen LogP contribution < -0.4 is 0 Å². The summed E-state index contributed by atoms with van der Waals surface area (Å²) in [4.78, 5) is 0. The van der Waals surface area contributed by atoms with Gasteiger partial charge in [0, 0.05) is 5.88 Å². The maximum absolute atomic E-state index is 5.78. The normalized spacial score (nSPS) is 12.6. The van der Waals surface area contributed by atoms with Gasteiger partial charge in [-0.15, -0.1) is 11.6 Å². The average molecular weight is 163 g/mol. The van der Waals surface area contributed by atoms with Crippen LogP contribution in [0.4, 0.5) is 0 Å². The van der Waals surface area contributed by atoms with Crippen LogP contribution in [0.3, 0.4) is 0 Å². The molecule has 62 valence electrons. The number of alkyl halides is 1. The smallest absolute Gasteiger partial charge is 0.0274 e. The molecule has 1 heteroatoms. The topological polar surface area (TPSA) is 0 Å². The minimum absolute atomic E-state index is 0.339. The third-order valence-corrected chi connectivity index (χ3v) is 2.48. The molecular formula is C9H19Cl. The lowest BCUT2D eigenvalue weighted by Crippen LogP contribution is -2.13. The first-order chi connectivity index (χ1) is 4.48. The molecular weight excluding hydrogens is 144 g/mol. The van der Waals surface area contributed by atoms with Crippen molar-refractivity contribution in [2.45, 2.75) is 40.5 Å². The molecule has 0 atom stereocenters. The highest BCUT2D eigenvalue weighted by atomic mass is 35.5. The number of hydrogen-bond donors (Lipinski definition) is 0. The van der Waals surface area contributed by atoms with Crippen LogP contribution in [0.1, 0.15) is 40.5 Å².